The summed E-state index contributed by atoms with van der Waals surface area (Å²) in [6, 6.07) is 3.70. The molecule has 0 aliphatic heterocycles. The molecule has 2 N–H and O–H groups in total. The van der Waals surface area contributed by atoms with Gasteiger partial charge in [-0.25, -0.2) is 4.98 Å². The number of aromatic nitrogens is 1. The number of rotatable bonds is 6. The van der Waals surface area contributed by atoms with E-state index in [0.717, 1.165) is 17.1 Å². The molecule has 0 saturated heterocycles. The van der Waals surface area contributed by atoms with Crippen molar-refractivity contribution in [3.63, 3.8) is 0 Å². The van der Waals surface area contributed by atoms with Crippen LogP contribution in [0.1, 0.15) is 11.3 Å². The molecule has 0 aliphatic carbocycles. The van der Waals surface area contributed by atoms with Crippen molar-refractivity contribution in [3.05, 3.63) is 36.0 Å². The Hall–Kier alpha value is -1.39. The van der Waals surface area contributed by atoms with E-state index in [9.17, 15) is 0 Å². The molecule has 4 nitrogen and oxygen atoms in total. The van der Waals surface area contributed by atoms with E-state index in [1.54, 1.807) is 6.08 Å². The lowest BCUT2D eigenvalue weighted by Gasteiger charge is -2.21. The predicted molar refractivity (Wildman–Crippen MR) is 64.4 cm³/mol. The highest BCUT2D eigenvalue weighted by atomic mass is 16.3. The van der Waals surface area contributed by atoms with Gasteiger partial charge in [-0.2, -0.15) is 0 Å². The van der Waals surface area contributed by atoms with Gasteiger partial charge in [-0.15, -0.1) is 6.58 Å². The number of aliphatic hydroxyl groups excluding tert-OH is 2. The van der Waals surface area contributed by atoms with Crippen LogP contribution < -0.4 is 4.90 Å². The maximum Gasteiger partial charge on any atom is 0.129 e. The molecule has 0 radical (unpaired) electrons. The molecule has 1 aromatic rings. The number of aliphatic hydroxyl groups is 2. The molecule has 88 valence electrons. The second-order valence-corrected chi connectivity index (χ2v) is 3.53. The van der Waals surface area contributed by atoms with Crippen molar-refractivity contribution >= 4 is 5.82 Å². The lowest BCUT2D eigenvalue weighted by atomic mass is 10.2. The maximum atomic E-state index is 9.04. The zero-order valence-electron chi connectivity index (χ0n) is 9.56. The molecule has 0 atom stereocenters. The fraction of sp³-hybridized carbons (Fsp3) is 0.417. The summed E-state index contributed by atoms with van der Waals surface area (Å²) in [5, 5.41) is 18.0. The molecule has 0 bridgehead atoms. The van der Waals surface area contributed by atoms with Crippen molar-refractivity contribution in [2.24, 2.45) is 0 Å². The van der Waals surface area contributed by atoms with Gasteiger partial charge >= 0.3 is 0 Å². The van der Waals surface area contributed by atoms with Crippen LogP contribution in [0.4, 0.5) is 5.82 Å². The minimum atomic E-state index is 0.000567. The van der Waals surface area contributed by atoms with Gasteiger partial charge in [0, 0.05) is 18.8 Å². The van der Waals surface area contributed by atoms with Crippen LogP contribution in [0.15, 0.2) is 24.8 Å². The van der Waals surface area contributed by atoms with Gasteiger partial charge < -0.3 is 15.1 Å². The molecule has 0 aromatic carbocycles. The Morgan fingerprint density at radius 2 is 2.19 bits per heavy atom. The Morgan fingerprint density at radius 3 is 2.69 bits per heavy atom. The summed E-state index contributed by atoms with van der Waals surface area (Å²) >= 11 is 0. The zero-order chi connectivity index (χ0) is 12.0. The third-order valence-corrected chi connectivity index (χ3v) is 2.39. The monoisotopic (exact) mass is 222 g/mol. The molecule has 1 heterocycles. The topological polar surface area (TPSA) is 56.6 Å². The Kier molecular flexibility index (Phi) is 4.95. The van der Waals surface area contributed by atoms with Crippen LogP contribution in [0, 0.1) is 6.92 Å². The SMILES string of the molecule is C=CCN(CCO)c1ccc(CO)c(C)n1. The average molecular weight is 222 g/mol. The zero-order valence-corrected chi connectivity index (χ0v) is 9.56. The first-order valence-corrected chi connectivity index (χ1v) is 5.27. The smallest absolute Gasteiger partial charge is 0.129 e. The summed E-state index contributed by atoms with van der Waals surface area (Å²) in [5.41, 5.74) is 1.64. The number of nitrogens with zero attached hydrogens (tertiary/aromatic N) is 2. The van der Waals surface area contributed by atoms with Crippen molar-refractivity contribution < 1.29 is 10.2 Å². The van der Waals surface area contributed by atoms with Gasteiger partial charge in [-0.05, 0) is 18.6 Å². The first-order chi connectivity index (χ1) is 7.72. The first-order valence-electron chi connectivity index (χ1n) is 5.27. The standard InChI is InChI=1S/C12H18N2O2/c1-3-6-14(7-8-15)12-5-4-11(9-16)10(2)13-12/h3-5,15-16H,1,6-9H2,2H3. The molecule has 0 amide bonds. The Bertz CT molecular complexity index is 353. The van der Waals surface area contributed by atoms with E-state index in [4.69, 9.17) is 10.2 Å². The molecule has 1 rings (SSSR count). The van der Waals surface area contributed by atoms with Crippen molar-refractivity contribution in [2.45, 2.75) is 13.5 Å². The van der Waals surface area contributed by atoms with Crippen molar-refractivity contribution in [3.8, 4) is 0 Å². The summed E-state index contributed by atoms with van der Waals surface area (Å²) < 4.78 is 0. The summed E-state index contributed by atoms with van der Waals surface area (Å²) in [4.78, 5) is 6.32. The lowest BCUT2D eigenvalue weighted by Crippen LogP contribution is -2.27. The van der Waals surface area contributed by atoms with Crippen LogP contribution >= 0.6 is 0 Å². The van der Waals surface area contributed by atoms with Crippen LogP contribution in [0.5, 0.6) is 0 Å². The second-order valence-electron chi connectivity index (χ2n) is 3.53. The molecule has 1 aromatic heterocycles. The van der Waals surface area contributed by atoms with Crippen molar-refractivity contribution in [2.75, 3.05) is 24.6 Å². The molecule has 0 spiro atoms. The van der Waals surface area contributed by atoms with Gasteiger partial charge in [-0.1, -0.05) is 12.1 Å². The molecule has 0 saturated carbocycles. The molecule has 0 unspecified atom stereocenters. The van der Waals surface area contributed by atoms with Crippen molar-refractivity contribution in [1.29, 1.82) is 0 Å². The molecular formula is C12H18N2O2. The quantitative estimate of drug-likeness (QED) is 0.701. The number of hydrogen-bond donors (Lipinski definition) is 2. The fourth-order valence-electron chi connectivity index (χ4n) is 1.50. The molecule has 0 fully saturated rings. The van der Waals surface area contributed by atoms with E-state index in [-0.39, 0.29) is 13.2 Å². The number of anilines is 1. The molecule has 4 heteroatoms. The Morgan fingerprint density at radius 1 is 1.44 bits per heavy atom. The van der Waals surface area contributed by atoms with Gasteiger partial charge in [0.15, 0.2) is 0 Å². The van der Waals surface area contributed by atoms with E-state index in [1.165, 1.54) is 0 Å². The molecule has 16 heavy (non-hydrogen) atoms. The first kappa shape index (κ1) is 12.7. The van der Waals surface area contributed by atoms with E-state index >= 15 is 0 Å². The van der Waals surface area contributed by atoms with Gasteiger partial charge in [0.05, 0.1) is 13.2 Å². The highest BCUT2D eigenvalue weighted by Crippen LogP contribution is 2.14. The van der Waals surface area contributed by atoms with E-state index in [1.807, 2.05) is 24.0 Å². The minimum Gasteiger partial charge on any atom is -0.395 e. The number of hydrogen-bond acceptors (Lipinski definition) is 4. The average Bonchev–Trinajstić information content (AvgIpc) is 2.28. The third-order valence-electron chi connectivity index (χ3n) is 2.39. The van der Waals surface area contributed by atoms with Crippen LogP contribution in [-0.4, -0.2) is 34.9 Å². The third kappa shape index (κ3) is 3.05. The van der Waals surface area contributed by atoms with E-state index in [2.05, 4.69) is 11.6 Å². The summed E-state index contributed by atoms with van der Waals surface area (Å²) in [6.07, 6.45) is 1.77. The van der Waals surface area contributed by atoms with Gasteiger partial charge in [0.1, 0.15) is 5.82 Å². The Labute approximate surface area is 95.9 Å². The van der Waals surface area contributed by atoms with Crippen LogP contribution in [-0.2, 0) is 6.61 Å². The molecular weight excluding hydrogens is 204 g/mol. The second kappa shape index (κ2) is 6.25. The van der Waals surface area contributed by atoms with Crippen LogP contribution in [0.2, 0.25) is 0 Å². The van der Waals surface area contributed by atoms with Gasteiger partial charge in [0.2, 0.25) is 0 Å². The van der Waals surface area contributed by atoms with E-state index < -0.39 is 0 Å². The summed E-state index contributed by atoms with van der Waals surface area (Å²) in [6.45, 7) is 6.78. The van der Waals surface area contributed by atoms with Crippen LogP contribution in [0.3, 0.4) is 0 Å². The highest BCUT2D eigenvalue weighted by molar-refractivity contribution is 5.42. The predicted octanol–water partition coefficient (Wildman–Crippen LogP) is 0.867. The summed E-state index contributed by atoms with van der Waals surface area (Å²) in [5.74, 6) is 0.795. The fourth-order valence-corrected chi connectivity index (χ4v) is 1.50. The van der Waals surface area contributed by atoms with E-state index in [0.29, 0.717) is 13.1 Å². The number of pyridine rings is 1. The highest BCUT2D eigenvalue weighted by Gasteiger charge is 2.07. The minimum absolute atomic E-state index is 0.000567. The number of aryl methyl sites for hydroxylation is 1. The lowest BCUT2D eigenvalue weighted by molar-refractivity contribution is 0.280. The normalized spacial score (nSPS) is 10.2. The maximum absolute atomic E-state index is 9.04. The Balaban J connectivity index is 2.91. The van der Waals surface area contributed by atoms with Crippen LogP contribution in [0.25, 0.3) is 0 Å². The van der Waals surface area contributed by atoms with Gasteiger partial charge in [0.25, 0.3) is 0 Å². The van der Waals surface area contributed by atoms with Crippen molar-refractivity contribution in [1.82, 2.24) is 4.98 Å². The summed E-state index contributed by atoms with van der Waals surface area (Å²) in [7, 11) is 0. The van der Waals surface area contributed by atoms with Gasteiger partial charge in [-0.3, -0.25) is 0 Å². The molecule has 0 aliphatic rings. The largest absolute Gasteiger partial charge is 0.395 e.